The number of nitrogens with zero attached hydrogens (tertiary/aromatic N) is 8. The Morgan fingerprint density at radius 1 is 0.957 bits per heavy atom. The molecule has 46 heavy (non-hydrogen) atoms. The van der Waals surface area contributed by atoms with Gasteiger partial charge in [0.2, 0.25) is 16.0 Å². The highest BCUT2D eigenvalue weighted by molar-refractivity contribution is 7.88. The van der Waals surface area contributed by atoms with E-state index in [1.165, 1.54) is 6.26 Å². The van der Waals surface area contributed by atoms with Gasteiger partial charge in [0.25, 0.3) is 0 Å². The molecule has 0 bridgehead atoms. The van der Waals surface area contributed by atoms with Crippen molar-refractivity contribution in [1.29, 1.82) is 0 Å². The largest absolute Gasteiger partial charge is 0.378 e. The first-order valence-corrected chi connectivity index (χ1v) is 18.1. The van der Waals surface area contributed by atoms with Crippen molar-refractivity contribution in [2.75, 3.05) is 69.1 Å². The predicted octanol–water partition coefficient (Wildman–Crippen LogP) is 4.10. The molecule has 3 aromatic heterocycles. The molecule has 5 aromatic rings. The summed E-state index contributed by atoms with van der Waals surface area (Å²) in [6.45, 7) is 6.48. The Morgan fingerprint density at radius 3 is 2.48 bits per heavy atom. The van der Waals surface area contributed by atoms with Crippen LogP contribution in [0.1, 0.15) is 16.3 Å². The molecule has 0 amide bonds. The van der Waals surface area contributed by atoms with Crippen LogP contribution < -0.4 is 10.3 Å². The summed E-state index contributed by atoms with van der Waals surface area (Å²) < 4.78 is 34.2. The molecule has 2 aromatic carbocycles. The maximum absolute atomic E-state index is 11.9. The van der Waals surface area contributed by atoms with E-state index in [0.29, 0.717) is 62.7 Å². The molecule has 0 radical (unpaired) electrons. The average Bonchev–Trinajstić information content (AvgIpc) is 3.62. The van der Waals surface area contributed by atoms with Gasteiger partial charge in [0.05, 0.1) is 46.9 Å². The normalized spacial score (nSPS) is 17.0. The molecular weight excluding hydrogens is 646 g/mol. The lowest BCUT2D eigenvalue weighted by Gasteiger charge is -2.32. The number of para-hydroxylation sites is 2. The van der Waals surface area contributed by atoms with Crippen molar-refractivity contribution in [3.8, 4) is 0 Å². The molecule has 0 aliphatic carbocycles. The van der Waals surface area contributed by atoms with E-state index >= 15 is 0 Å². The van der Waals surface area contributed by atoms with Crippen molar-refractivity contribution in [1.82, 2.24) is 28.7 Å². The van der Waals surface area contributed by atoms with Crippen LogP contribution in [0.25, 0.3) is 21.3 Å². The number of sulfonamides is 1. The number of rotatable bonds is 9. The van der Waals surface area contributed by atoms with Gasteiger partial charge in [-0.1, -0.05) is 35.9 Å². The third-order valence-corrected chi connectivity index (χ3v) is 10.8. The molecule has 0 unspecified atom stereocenters. The van der Waals surface area contributed by atoms with Gasteiger partial charge in [0, 0.05) is 62.3 Å². The molecule has 5 heterocycles. The number of fused-ring (bicyclic) bond motifs is 2. The number of benzene rings is 2. The van der Waals surface area contributed by atoms with Crippen LogP contribution in [0.2, 0.25) is 5.02 Å². The molecule has 0 atom stereocenters. The minimum atomic E-state index is -3.17. The quantitative estimate of drug-likeness (QED) is 0.181. The van der Waals surface area contributed by atoms with E-state index in [2.05, 4.69) is 37.0 Å². The summed E-state index contributed by atoms with van der Waals surface area (Å²) in [4.78, 5) is 20.2. The minimum Gasteiger partial charge on any atom is -0.378 e. The Balaban J connectivity index is 1.14. The van der Waals surface area contributed by atoms with Crippen LogP contribution in [0.3, 0.4) is 0 Å². The maximum atomic E-state index is 11.9. The first-order valence-electron chi connectivity index (χ1n) is 15.1. The molecule has 0 spiro atoms. The molecule has 240 valence electrons. The smallest absolute Gasteiger partial charge is 0.246 e. The fourth-order valence-corrected chi connectivity index (χ4v) is 7.91. The molecule has 2 aliphatic rings. The van der Waals surface area contributed by atoms with Gasteiger partial charge in [-0.25, -0.2) is 23.8 Å². The summed E-state index contributed by atoms with van der Waals surface area (Å²) in [5.74, 6) is 1.96. The average molecular weight is 680 g/mol. The lowest BCUT2D eigenvalue weighted by molar-refractivity contribution is 0.122. The molecule has 0 saturated carbocycles. The van der Waals surface area contributed by atoms with E-state index in [-0.39, 0.29) is 0 Å². The van der Waals surface area contributed by atoms with Crippen LogP contribution in [0, 0.1) is 0 Å². The number of ether oxygens (including phenoxy) is 1. The number of hydrazone groups is 1. The first-order chi connectivity index (χ1) is 22.3. The van der Waals surface area contributed by atoms with E-state index in [4.69, 9.17) is 31.3 Å². The van der Waals surface area contributed by atoms with E-state index in [1.807, 2.05) is 42.5 Å². The SMILES string of the molecule is CS(=O)(=O)N1CCN(Cc2cc3nc(N/N=C/c4nc5ccccc5n4Cc4ccc(Cl)cc4)nc(N4CCOCC4)c3s2)CC1. The number of anilines is 2. The summed E-state index contributed by atoms with van der Waals surface area (Å²) in [7, 11) is -3.17. The Kier molecular flexibility index (Phi) is 8.90. The number of morpholine rings is 1. The molecule has 2 aliphatic heterocycles. The fourth-order valence-electron chi connectivity index (χ4n) is 5.80. The van der Waals surface area contributed by atoms with Crippen LogP contribution in [0.4, 0.5) is 11.8 Å². The maximum Gasteiger partial charge on any atom is 0.246 e. The lowest BCUT2D eigenvalue weighted by atomic mass is 10.2. The van der Waals surface area contributed by atoms with Crippen molar-refractivity contribution in [3.63, 3.8) is 0 Å². The Hall–Kier alpha value is -3.66. The molecular formula is C31H34ClN9O3S2. The van der Waals surface area contributed by atoms with E-state index in [1.54, 1.807) is 21.9 Å². The van der Waals surface area contributed by atoms with Gasteiger partial charge in [-0.05, 0) is 35.9 Å². The van der Waals surface area contributed by atoms with E-state index in [9.17, 15) is 8.42 Å². The monoisotopic (exact) mass is 679 g/mol. The number of hydrogen-bond acceptors (Lipinski definition) is 11. The molecule has 2 saturated heterocycles. The van der Waals surface area contributed by atoms with Crippen molar-refractivity contribution < 1.29 is 13.2 Å². The zero-order valence-electron chi connectivity index (χ0n) is 25.3. The Bertz CT molecular complexity index is 1980. The second kappa shape index (κ2) is 13.2. The number of aromatic nitrogens is 4. The standard InChI is InChI=1S/C31H34ClN9O3S2/c1-46(42,43)40-12-10-38(11-13-40)21-24-18-26-29(45-24)30(39-14-16-44-17-15-39)36-31(35-26)37-33-19-28-34-25-4-2-3-5-27(25)41(28)20-22-6-8-23(32)9-7-22/h2-9,18-19H,10-17,20-21H2,1H3,(H,35,36,37)/b33-19+. The van der Waals surface area contributed by atoms with Crippen LogP contribution in [0.5, 0.6) is 0 Å². The summed E-state index contributed by atoms with van der Waals surface area (Å²) in [5.41, 5.74) is 6.91. The van der Waals surface area contributed by atoms with Gasteiger partial charge in [0.15, 0.2) is 11.6 Å². The van der Waals surface area contributed by atoms with Gasteiger partial charge in [0.1, 0.15) is 0 Å². The summed E-state index contributed by atoms with van der Waals surface area (Å²) >= 11 is 7.80. The van der Waals surface area contributed by atoms with Gasteiger partial charge < -0.3 is 14.2 Å². The number of nitrogens with one attached hydrogen (secondary N) is 1. The van der Waals surface area contributed by atoms with Crippen molar-refractivity contribution in [2.24, 2.45) is 5.10 Å². The number of halogens is 1. The van der Waals surface area contributed by atoms with E-state index < -0.39 is 10.0 Å². The molecule has 15 heteroatoms. The van der Waals surface area contributed by atoms with Gasteiger partial charge in [-0.3, -0.25) is 4.90 Å². The van der Waals surface area contributed by atoms with Crippen molar-refractivity contribution in [3.05, 3.63) is 75.9 Å². The Labute approximate surface area is 276 Å². The second-order valence-corrected chi connectivity index (χ2v) is 14.9. The van der Waals surface area contributed by atoms with Gasteiger partial charge >= 0.3 is 0 Å². The van der Waals surface area contributed by atoms with Gasteiger partial charge in [-0.15, -0.1) is 11.3 Å². The van der Waals surface area contributed by atoms with Crippen molar-refractivity contribution >= 4 is 72.2 Å². The third kappa shape index (κ3) is 6.87. The highest BCUT2D eigenvalue weighted by Gasteiger charge is 2.25. The number of thiophene rings is 1. The highest BCUT2D eigenvalue weighted by Crippen LogP contribution is 2.34. The van der Waals surface area contributed by atoms with Crippen LogP contribution in [-0.4, -0.2) is 102 Å². The number of piperazine rings is 1. The second-order valence-electron chi connectivity index (χ2n) is 11.4. The Morgan fingerprint density at radius 2 is 1.72 bits per heavy atom. The van der Waals surface area contributed by atoms with Crippen molar-refractivity contribution in [2.45, 2.75) is 13.1 Å². The molecule has 12 nitrogen and oxygen atoms in total. The topological polar surface area (TPSA) is 121 Å². The van der Waals surface area contributed by atoms with Crippen LogP contribution in [-0.2, 0) is 27.8 Å². The fraction of sp³-hybridized carbons (Fsp3) is 0.355. The molecule has 1 N–H and O–H groups in total. The molecule has 7 rings (SSSR count). The number of imidazole rings is 1. The van der Waals surface area contributed by atoms with Crippen LogP contribution in [0.15, 0.2) is 59.7 Å². The summed E-state index contributed by atoms with van der Waals surface area (Å²) in [5, 5.41) is 5.24. The lowest BCUT2D eigenvalue weighted by Crippen LogP contribution is -2.47. The van der Waals surface area contributed by atoms with Gasteiger partial charge in [-0.2, -0.15) is 14.4 Å². The highest BCUT2D eigenvalue weighted by atomic mass is 35.5. The third-order valence-electron chi connectivity index (χ3n) is 8.18. The predicted molar refractivity (Wildman–Crippen MR) is 184 cm³/mol. The van der Waals surface area contributed by atoms with E-state index in [0.717, 1.165) is 57.1 Å². The summed E-state index contributed by atoms with van der Waals surface area (Å²) in [6.07, 6.45) is 2.97. The zero-order valence-corrected chi connectivity index (χ0v) is 27.7. The van der Waals surface area contributed by atoms with Crippen LogP contribution >= 0.6 is 22.9 Å². The minimum absolute atomic E-state index is 0.400. The first kappa shape index (κ1) is 31.0. The zero-order chi connectivity index (χ0) is 31.7. The number of hydrogen-bond donors (Lipinski definition) is 1. The summed E-state index contributed by atoms with van der Waals surface area (Å²) in [6, 6.07) is 17.9. The molecule has 2 fully saturated rings.